The molecular formula is C25H30ClN5. The maximum atomic E-state index is 9.55. The molecule has 1 heterocycles. The molecule has 6 rings (SSSR count). The van der Waals surface area contributed by atoms with Crippen molar-refractivity contribution in [1.82, 2.24) is 9.97 Å². The third-order valence-corrected chi connectivity index (χ3v) is 8.42. The number of anilines is 2. The predicted molar refractivity (Wildman–Crippen MR) is 124 cm³/mol. The highest BCUT2D eigenvalue weighted by atomic mass is 35.5. The highest BCUT2D eigenvalue weighted by molar-refractivity contribution is 6.31. The lowest BCUT2D eigenvalue weighted by atomic mass is 9.46. The molecule has 0 spiro atoms. The Bertz CT molecular complexity index is 984. The maximum absolute atomic E-state index is 9.55. The van der Waals surface area contributed by atoms with E-state index in [0.717, 1.165) is 47.2 Å². The Morgan fingerprint density at radius 3 is 2.68 bits per heavy atom. The van der Waals surface area contributed by atoms with E-state index in [0.29, 0.717) is 29.3 Å². The van der Waals surface area contributed by atoms with Crippen molar-refractivity contribution in [2.75, 3.05) is 23.7 Å². The number of rotatable bonds is 7. The molecule has 2 aromatic rings. The van der Waals surface area contributed by atoms with Crippen LogP contribution in [0, 0.1) is 40.4 Å². The van der Waals surface area contributed by atoms with Crippen molar-refractivity contribution in [3.63, 3.8) is 0 Å². The van der Waals surface area contributed by atoms with Gasteiger partial charge in [0.1, 0.15) is 17.5 Å². The van der Waals surface area contributed by atoms with Crippen LogP contribution in [0.1, 0.15) is 50.2 Å². The van der Waals surface area contributed by atoms with E-state index >= 15 is 0 Å². The Balaban J connectivity index is 1.24. The lowest BCUT2D eigenvalue weighted by Gasteiger charge is -2.59. The van der Waals surface area contributed by atoms with Gasteiger partial charge in [0.2, 0.25) is 5.95 Å². The Kier molecular flexibility index (Phi) is 5.52. The predicted octanol–water partition coefficient (Wildman–Crippen LogP) is 5.53. The molecule has 0 aliphatic heterocycles. The molecule has 4 saturated carbocycles. The van der Waals surface area contributed by atoms with E-state index in [1.807, 2.05) is 24.3 Å². The van der Waals surface area contributed by atoms with Gasteiger partial charge in [-0.2, -0.15) is 10.2 Å². The molecule has 0 amide bonds. The van der Waals surface area contributed by atoms with E-state index in [4.69, 9.17) is 11.6 Å². The largest absolute Gasteiger partial charge is 0.368 e. The molecule has 1 aromatic carbocycles. The molecular weight excluding hydrogens is 406 g/mol. The molecule has 4 aliphatic carbocycles. The van der Waals surface area contributed by atoms with Crippen molar-refractivity contribution in [3.05, 3.63) is 46.6 Å². The van der Waals surface area contributed by atoms with Gasteiger partial charge in [0.05, 0.1) is 6.20 Å². The minimum absolute atomic E-state index is 0.373. The highest BCUT2D eigenvalue weighted by Crippen LogP contribution is 2.62. The standard InChI is InChI=1S/C25H30ClN5/c1-16-19-8-17-9-20(16)12-25(10-17,11-19)15-30-23-21(13-27)14-29-24(31-23)28-7-6-18-4-2-3-5-22(18)26/h2-5,14,16-17,19-20H,6-12,15H2,1H3,(H2,28,29,30,31). The minimum atomic E-state index is 0.373. The summed E-state index contributed by atoms with van der Waals surface area (Å²) in [4.78, 5) is 8.97. The first kappa shape index (κ1) is 20.6. The summed E-state index contributed by atoms with van der Waals surface area (Å²) < 4.78 is 0. The molecule has 2 N–H and O–H groups in total. The molecule has 4 aliphatic rings. The van der Waals surface area contributed by atoms with Crippen LogP contribution >= 0.6 is 11.6 Å². The zero-order chi connectivity index (χ0) is 21.4. The van der Waals surface area contributed by atoms with Crippen LogP contribution in [0.3, 0.4) is 0 Å². The van der Waals surface area contributed by atoms with E-state index in [-0.39, 0.29) is 0 Å². The number of nitriles is 1. The summed E-state index contributed by atoms with van der Waals surface area (Å²) in [5.74, 6) is 4.76. The van der Waals surface area contributed by atoms with Crippen molar-refractivity contribution in [2.45, 2.75) is 45.4 Å². The Morgan fingerprint density at radius 2 is 1.94 bits per heavy atom. The van der Waals surface area contributed by atoms with Crippen LogP contribution in [0.5, 0.6) is 0 Å². The number of benzene rings is 1. The van der Waals surface area contributed by atoms with Crippen LogP contribution < -0.4 is 10.6 Å². The molecule has 6 heteroatoms. The minimum Gasteiger partial charge on any atom is -0.368 e. The van der Waals surface area contributed by atoms with Crippen molar-refractivity contribution < 1.29 is 0 Å². The molecule has 0 radical (unpaired) electrons. The molecule has 2 unspecified atom stereocenters. The molecule has 4 fully saturated rings. The fourth-order valence-corrected chi connectivity index (χ4v) is 6.86. The molecule has 31 heavy (non-hydrogen) atoms. The topological polar surface area (TPSA) is 73.6 Å². The van der Waals surface area contributed by atoms with Crippen molar-refractivity contribution in [3.8, 4) is 6.07 Å². The summed E-state index contributed by atoms with van der Waals surface area (Å²) in [5, 5.41) is 17.2. The summed E-state index contributed by atoms with van der Waals surface area (Å²) in [6.07, 6.45) is 9.24. The lowest BCUT2D eigenvalue weighted by Crippen LogP contribution is -2.52. The monoisotopic (exact) mass is 435 g/mol. The molecule has 0 saturated heterocycles. The van der Waals surface area contributed by atoms with Crippen molar-refractivity contribution in [1.29, 1.82) is 5.26 Å². The summed E-state index contributed by atoms with van der Waals surface area (Å²) in [6, 6.07) is 10.1. The van der Waals surface area contributed by atoms with Crippen LogP contribution in [0.15, 0.2) is 30.5 Å². The van der Waals surface area contributed by atoms with E-state index in [1.165, 1.54) is 32.1 Å². The van der Waals surface area contributed by atoms with Gasteiger partial charge in [0.25, 0.3) is 0 Å². The van der Waals surface area contributed by atoms with Gasteiger partial charge in [0, 0.05) is 18.1 Å². The lowest BCUT2D eigenvalue weighted by molar-refractivity contribution is -0.0822. The second-order valence-electron chi connectivity index (χ2n) is 10.0. The number of hydrogen-bond donors (Lipinski definition) is 2. The summed E-state index contributed by atoms with van der Waals surface area (Å²) in [7, 11) is 0. The molecule has 1 aromatic heterocycles. The quantitative estimate of drug-likeness (QED) is 0.598. The van der Waals surface area contributed by atoms with Crippen molar-refractivity contribution >= 4 is 23.4 Å². The van der Waals surface area contributed by atoms with Gasteiger partial charge in [-0.25, -0.2) is 4.98 Å². The second-order valence-corrected chi connectivity index (χ2v) is 10.4. The number of aromatic nitrogens is 2. The molecule has 5 nitrogen and oxygen atoms in total. The molecule has 162 valence electrons. The number of nitrogens with zero attached hydrogens (tertiary/aromatic N) is 3. The van der Waals surface area contributed by atoms with Gasteiger partial charge in [-0.05, 0) is 79.2 Å². The van der Waals surface area contributed by atoms with E-state index in [2.05, 4.69) is 33.6 Å². The van der Waals surface area contributed by atoms with Gasteiger partial charge in [-0.1, -0.05) is 36.7 Å². The molecule has 2 atom stereocenters. The first-order valence-electron chi connectivity index (χ1n) is 11.5. The van der Waals surface area contributed by atoms with Gasteiger partial charge < -0.3 is 10.6 Å². The zero-order valence-electron chi connectivity index (χ0n) is 18.1. The zero-order valence-corrected chi connectivity index (χ0v) is 18.8. The highest BCUT2D eigenvalue weighted by Gasteiger charge is 2.53. The van der Waals surface area contributed by atoms with Crippen LogP contribution in [0.2, 0.25) is 5.02 Å². The SMILES string of the molecule is CC1C2CC3CC1CC(CNc1nc(NCCc4ccccc4Cl)ncc1C#N)(C3)C2. The van der Waals surface area contributed by atoms with Gasteiger partial charge in [-0.3, -0.25) is 0 Å². The normalized spacial score (nSPS) is 30.7. The summed E-state index contributed by atoms with van der Waals surface area (Å²) in [6.45, 7) is 4.06. The van der Waals surface area contributed by atoms with Crippen LogP contribution in [-0.4, -0.2) is 23.1 Å². The average Bonchev–Trinajstić information content (AvgIpc) is 2.77. The fourth-order valence-electron chi connectivity index (χ4n) is 6.63. The second kappa shape index (κ2) is 8.31. The third kappa shape index (κ3) is 4.11. The van der Waals surface area contributed by atoms with E-state index in [1.54, 1.807) is 6.20 Å². The Hall–Kier alpha value is -2.32. The van der Waals surface area contributed by atoms with E-state index in [9.17, 15) is 5.26 Å². The summed E-state index contributed by atoms with van der Waals surface area (Å²) in [5.41, 5.74) is 1.98. The van der Waals surface area contributed by atoms with Crippen molar-refractivity contribution in [2.24, 2.45) is 29.1 Å². The van der Waals surface area contributed by atoms with Crippen LogP contribution in [0.4, 0.5) is 11.8 Å². The first-order valence-corrected chi connectivity index (χ1v) is 11.9. The number of hydrogen-bond acceptors (Lipinski definition) is 5. The smallest absolute Gasteiger partial charge is 0.224 e. The summed E-state index contributed by atoms with van der Waals surface area (Å²) >= 11 is 6.24. The molecule has 4 bridgehead atoms. The number of nitrogens with one attached hydrogen (secondary N) is 2. The van der Waals surface area contributed by atoms with Gasteiger partial charge in [0.15, 0.2) is 0 Å². The van der Waals surface area contributed by atoms with Gasteiger partial charge >= 0.3 is 0 Å². The Labute approximate surface area is 189 Å². The third-order valence-electron chi connectivity index (χ3n) is 8.05. The maximum Gasteiger partial charge on any atom is 0.224 e. The van der Waals surface area contributed by atoms with E-state index < -0.39 is 0 Å². The fraction of sp³-hybridized carbons (Fsp3) is 0.560. The van der Waals surface area contributed by atoms with Crippen LogP contribution in [0.25, 0.3) is 0 Å². The average molecular weight is 436 g/mol. The van der Waals surface area contributed by atoms with Crippen LogP contribution in [-0.2, 0) is 6.42 Å². The first-order chi connectivity index (χ1) is 15.0. The van der Waals surface area contributed by atoms with Gasteiger partial charge in [-0.15, -0.1) is 0 Å². The Morgan fingerprint density at radius 1 is 1.16 bits per heavy atom. The number of halogens is 1.